The van der Waals surface area contributed by atoms with Crippen LogP contribution in [0.3, 0.4) is 0 Å². The van der Waals surface area contributed by atoms with Crippen LogP contribution in [-0.2, 0) is 0 Å². The molecule has 1 saturated carbocycles. The Morgan fingerprint density at radius 1 is 0.889 bits per heavy atom. The number of benzene rings is 1. The van der Waals surface area contributed by atoms with Crippen molar-refractivity contribution in [3.63, 3.8) is 0 Å². The SMILES string of the molecule is CCCCCN1CCN(c2ccccc2C2CC(C)(C)CC(C)(C)C2)CC1. The Morgan fingerprint density at radius 3 is 2.15 bits per heavy atom. The number of nitrogens with zero attached hydrogens (tertiary/aromatic N) is 2. The van der Waals surface area contributed by atoms with Crippen LogP contribution in [0, 0.1) is 10.8 Å². The van der Waals surface area contributed by atoms with Crippen molar-refractivity contribution in [3.8, 4) is 0 Å². The monoisotopic (exact) mass is 370 g/mol. The predicted molar refractivity (Wildman–Crippen MR) is 119 cm³/mol. The summed E-state index contributed by atoms with van der Waals surface area (Å²) in [6.45, 7) is 18.3. The highest BCUT2D eigenvalue weighted by Gasteiger charge is 2.39. The van der Waals surface area contributed by atoms with E-state index in [2.05, 4.69) is 68.7 Å². The number of anilines is 1. The molecule has 1 heterocycles. The van der Waals surface area contributed by atoms with Crippen LogP contribution in [0.5, 0.6) is 0 Å². The number of rotatable bonds is 6. The van der Waals surface area contributed by atoms with Gasteiger partial charge >= 0.3 is 0 Å². The van der Waals surface area contributed by atoms with Gasteiger partial charge < -0.3 is 4.90 Å². The zero-order valence-corrected chi connectivity index (χ0v) is 18.6. The Kier molecular flexibility index (Phi) is 6.56. The molecule has 2 aliphatic rings. The lowest BCUT2D eigenvalue weighted by Crippen LogP contribution is -2.47. The fourth-order valence-corrected chi connectivity index (χ4v) is 5.98. The average molecular weight is 371 g/mol. The largest absolute Gasteiger partial charge is 0.369 e. The van der Waals surface area contributed by atoms with Gasteiger partial charge in [0.15, 0.2) is 0 Å². The summed E-state index contributed by atoms with van der Waals surface area (Å²) in [5, 5.41) is 0. The van der Waals surface area contributed by atoms with Gasteiger partial charge in [0.2, 0.25) is 0 Å². The quantitative estimate of drug-likeness (QED) is 0.541. The molecule has 1 aliphatic carbocycles. The molecule has 0 bridgehead atoms. The van der Waals surface area contributed by atoms with E-state index in [1.165, 1.54) is 76.9 Å². The fourth-order valence-electron chi connectivity index (χ4n) is 5.98. The first-order valence-corrected chi connectivity index (χ1v) is 11.4. The van der Waals surface area contributed by atoms with Crippen LogP contribution < -0.4 is 4.90 Å². The minimum absolute atomic E-state index is 0.442. The molecule has 2 fully saturated rings. The van der Waals surface area contributed by atoms with Gasteiger partial charge in [-0.15, -0.1) is 0 Å². The van der Waals surface area contributed by atoms with Gasteiger partial charge in [-0.1, -0.05) is 65.7 Å². The summed E-state index contributed by atoms with van der Waals surface area (Å²) in [5.41, 5.74) is 4.01. The maximum Gasteiger partial charge on any atom is 0.0402 e. The van der Waals surface area contributed by atoms with Gasteiger partial charge in [-0.3, -0.25) is 4.90 Å². The zero-order chi connectivity index (χ0) is 19.5. The van der Waals surface area contributed by atoms with Crippen LogP contribution in [0.25, 0.3) is 0 Å². The lowest BCUT2D eigenvalue weighted by Gasteiger charge is -2.46. The Labute approximate surface area is 168 Å². The number of hydrogen-bond acceptors (Lipinski definition) is 2. The predicted octanol–water partition coefficient (Wildman–Crippen LogP) is 6.32. The van der Waals surface area contributed by atoms with E-state index in [1.54, 1.807) is 5.56 Å². The second-order valence-corrected chi connectivity index (χ2v) is 10.7. The number of para-hydroxylation sites is 1. The first kappa shape index (κ1) is 20.7. The second kappa shape index (κ2) is 8.55. The van der Waals surface area contributed by atoms with E-state index in [0.717, 1.165) is 0 Å². The van der Waals surface area contributed by atoms with E-state index in [9.17, 15) is 0 Å². The molecule has 0 radical (unpaired) electrons. The Hall–Kier alpha value is -1.02. The third kappa shape index (κ3) is 5.50. The maximum atomic E-state index is 2.67. The first-order chi connectivity index (χ1) is 12.8. The first-order valence-electron chi connectivity index (χ1n) is 11.4. The summed E-state index contributed by atoms with van der Waals surface area (Å²) in [4.78, 5) is 5.34. The maximum absolute atomic E-state index is 2.67. The van der Waals surface area contributed by atoms with E-state index < -0.39 is 0 Å². The Bertz CT molecular complexity index is 580. The Balaban J connectivity index is 1.70. The van der Waals surface area contributed by atoms with Gasteiger partial charge in [-0.2, -0.15) is 0 Å². The van der Waals surface area contributed by atoms with Gasteiger partial charge in [0.25, 0.3) is 0 Å². The third-order valence-corrected chi connectivity index (χ3v) is 6.72. The van der Waals surface area contributed by atoms with Crippen molar-refractivity contribution < 1.29 is 0 Å². The molecule has 0 N–H and O–H groups in total. The molecule has 1 aliphatic heterocycles. The van der Waals surface area contributed by atoms with Gasteiger partial charge in [-0.25, -0.2) is 0 Å². The number of piperazine rings is 1. The molecular formula is C25H42N2. The summed E-state index contributed by atoms with van der Waals surface area (Å²) in [6, 6.07) is 9.31. The summed E-state index contributed by atoms with van der Waals surface area (Å²) in [6.07, 6.45) is 8.04. The summed E-state index contributed by atoms with van der Waals surface area (Å²) < 4.78 is 0. The van der Waals surface area contributed by atoms with Crippen LogP contribution in [-0.4, -0.2) is 37.6 Å². The molecule has 0 spiro atoms. The molecule has 2 heteroatoms. The lowest BCUT2D eigenvalue weighted by molar-refractivity contribution is 0.0970. The van der Waals surface area contributed by atoms with Crippen LogP contribution in [0.1, 0.15) is 84.6 Å². The van der Waals surface area contributed by atoms with Gasteiger partial charge in [-0.05, 0) is 60.6 Å². The van der Waals surface area contributed by atoms with Crippen molar-refractivity contribution >= 4 is 5.69 Å². The van der Waals surface area contributed by atoms with E-state index in [1.807, 2.05) is 0 Å². The van der Waals surface area contributed by atoms with Crippen molar-refractivity contribution in [1.29, 1.82) is 0 Å². The minimum atomic E-state index is 0.442. The van der Waals surface area contributed by atoms with Crippen molar-refractivity contribution in [2.24, 2.45) is 10.8 Å². The van der Waals surface area contributed by atoms with Crippen molar-refractivity contribution in [1.82, 2.24) is 4.90 Å². The molecule has 0 atom stereocenters. The normalized spacial score (nSPS) is 23.5. The van der Waals surface area contributed by atoms with Gasteiger partial charge in [0.05, 0.1) is 0 Å². The van der Waals surface area contributed by atoms with Crippen LogP contribution >= 0.6 is 0 Å². The molecule has 3 rings (SSSR count). The van der Waals surface area contributed by atoms with E-state index >= 15 is 0 Å². The Morgan fingerprint density at radius 2 is 1.52 bits per heavy atom. The molecule has 1 aromatic rings. The lowest BCUT2D eigenvalue weighted by atomic mass is 9.60. The van der Waals surface area contributed by atoms with E-state index in [4.69, 9.17) is 0 Å². The van der Waals surface area contributed by atoms with Crippen LogP contribution in [0.2, 0.25) is 0 Å². The van der Waals surface area contributed by atoms with Crippen LogP contribution in [0.15, 0.2) is 24.3 Å². The highest BCUT2D eigenvalue weighted by Crippen LogP contribution is 2.53. The molecule has 0 aromatic heterocycles. The van der Waals surface area contributed by atoms with E-state index in [0.29, 0.717) is 16.7 Å². The summed E-state index contributed by atoms with van der Waals surface area (Å²) >= 11 is 0. The highest BCUT2D eigenvalue weighted by molar-refractivity contribution is 5.56. The molecular weight excluding hydrogens is 328 g/mol. The second-order valence-electron chi connectivity index (χ2n) is 10.7. The third-order valence-electron chi connectivity index (χ3n) is 6.72. The molecule has 1 aromatic carbocycles. The summed E-state index contributed by atoms with van der Waals surface area (Å²) in [7, 11) is 0. The fraction of sp³-hybridized carbons (Fsp3) is 0.760. The van der Waals surface area contributed by atoms with Gasteiger partial charge in [0, 0.05) is 31.9 Å². The summed E-state index contributed by atoms with van der Waals surface area (Å²) in [5.74, 6) is 0.697. The average Bonchev–Trinajstić information content (AvgIpc) is 2.60. The smallest absolute Gasteiger partial charge is 0.0402 e. The zero-order valence-electron chi connectivity index (χ0n) is 18.6. The van der Waals surface area contributed by atoms with Crippen molar-refractivity contribution in [2.45, 2.75) is 79.1 Å². The van der Waals surface area contributed by atoms with E-state index in [-0.39, 0.29) is 0 Å². The molecule has 27 heavy (non-hydrogen) atoms. The number of unbranched alkanes of at least 4 members (excludes halogenated alkanes) is 2. The topological polar surface area (TPSA) is 6.48 Å². The number of hydrogen-bond donors (Lipinski definition) is 0. The molecule has 0 amide bonds. The van der Waals surface area contributed by atoms with Crippen molar-refractivity contribution in [2.75, 3.05) is 37.6 Å². The molecule has 0 unspecified atom stereocenters. The molecule has 1 saturated heterocycles. The molecule has 152 valence electrons. The minimum Gasteiger partial charge on any atom is -0.369 e. The highest BCUT2D eigenvalue weighted by atomic mass is 15.3. The van der Waals surface area contributed by atoms with Gasteiger partial charge in [0.1, 0.15) is 0 Å². The standard InChI is InChI=1S/C25H42N2/c1-6-7-10-13-26-14-16-27(17-15-26)23-12-9-8-11-22(23)21-18-24(2,3)20-25(4,5)19-21/h8-9,11-12,21H,6-7,10,13-20H2,1-5H3. The van der Waals surface area contributed by atoms with Crippen LogP contribution in [0.4, 0.5) is 5.69 Å². The molecule has 2 nitrogen and oxygen atoms in total. The van der Waals surface area contributed by atoms with Crippen molar-refractivity contribution in [3.05, 3.63) is 29.8 Å².